The molecule has 2 rings (SSSR count). The first-order chi connectivity index (χ1) is 17.1. The third-order valence-electron chi connectivity index (χ3n) is 4.96. The number of Topliss-reactive ketones (excluding diaryl/α,β-unsaturated/α-hetero) is 1. The molecule has 2 aromatic carbocycles. The van der Waals surface area contributed by atoms with E-state index in [0.717, 1.165) is 14.0 Å². The van der Waals surface area contributed by atoms with Gasteiger partial charge in [0.2, 0.25) is 5.91 Å². The van der Waals surface area contributed by atoms with Crippen LogP contribution >= 0.6 is 0 Å². The Hall–Kier alpha value is -4.78. The van der Waals surface area contributed by atoms with Gasteiger partial charge in [-0.05, 0) is 36.8 Å². The molecule has 0 radical (unpaired) electrons. The van der Waals surface area contributed by atoms with Crippen LogP contribution in [0.25, 0.3) is 0 Å². The number of carboxylic acid groups (broad SMARTS) is 1. The van der Waals surface area contributed by atoms with E-state index in [2.05, 4.69) is 15.7 Å². The number of nitrogens with zero attached hydrogens (tertiary/aromatic N) is 2. The second kappa shape index (κ2) is 12.1. The summed E-state index contributed by atoms with van der Waals surface area (Å²) < 4.78 is 4.80. The van der Waals surface area contributed by atoms with Crippen LogP contribution in [0.5, 0.6) is 0 Å². The number of carbonyl (C=O) groups excluding carboxylic acids is 4. The number of nitrogens with one attached hydrogen (secondary N) is 2. The fourth-order valence-electron chi connectivity index (χ4n) is 3.30. The van der Waals surface area contributed by atoms with Crippen LogP contribution in [0.2, 0.25) is 0 Å². The molecular formula is C23H26N6O7. The first-order valence-corrected chi connectivity index (χ1v) is 10.4. The molecule has 0 saturated heterocycles. The van der Waals surface area contributed by atoms with Crippen molar-refractivity contribution in [3.63, 3.8) is 0 Å². The van der Waals surface area contributed by atoms with Gasteiger partial charge in [-0.25, -0.2) is 9.59 Å². The summed E-state index contributed by atoms with van der Waals surface area (Å²) >= 11 is 0. The highest BCUT2D eigenvalue weighted by Crippen LogP contribution is 2.27. The van der Waals surface area contributed by atoms with Crippen LogP contribution < -0.4 is 27.1 Å². The molecule has 0 bridgehead atoms. The summed E-state index contributed by atoms with van der Waals surface area (Å²) in [6.45, 7) is 0.962. The number of anilines is 2. The molecule has 0 fully saturated rings. The maximum atomic E-state index is 13.4. The van der Waals surface area contributed by atoms with Gasteiger partial charge in [0.15, 0.2) is 5.78 Å². The number of rotatable bonds is 10. The highest BCUT2D eigenvalue weighted by Gasteiger charge is 2.55. The molecule has 3 amide bonds. The van der Waals surface area contributed by atoms with E-state index in [0.29, 0.717) is 10.5 Å². The number of ether oxygens (including phenoxy) is 1. The third kappa shape index (κ3) is 6.21. The van der Waals surface area contributed by atoms with Gasteiger partial charge in [0.25, 0.3) is 5.66 Å². The molecule has 0 aromatic heterocycles. The molecule has 36 heavy (non-hydrogen) atoms. The minimum atomic E-state index is -2.72. The Kier molecular flexibility index (Phi) is 9.21. The van der Waals surface area contributed by atoms with Gasteiger partial charge < -0.3 is 26.7 Å². The fraction of sp³-hybridized carbons (Fsp3) is 0.217. The normalized spacial score (nSPS) is 13.2. The molecule has 190 valence electrons. The highest BCUT2D eigenvalue weighted by molar-refractivity contribution is 6.19. The SMILES string of the molecule is COC(=O)[C@](NC(=O)Nc1ccc(C=NN)cc1)(C(C)=O)N(C(=O)[C@@H](N)CC(=O)O)c1ccccc1. The van der Waals surface area contributed by atoms with Crippen molar-refractivity contribution in [1.82, 2.24) is 5.32 Å². The number of ketones is 1. The lowest BCUT2D eigenvalue weighted by Crippen LogP contribution is -2.73. The Balaban J connectivity index is 2.57. The Morgan fingerprint density at radius 3 is 2.22 bits per heavy atom. The average Bonchev–Trinajstić information content (AvgIpc) is 2.84. The van der Waals surface area contributed by atoms with Crippen LogP contribution in [-0.4, -0.2) is 59.8 Å². The van der Waals surface area contributed by atoms with Gasteiger partial charge in [0, 0.05) is 11.4 Å². The Labute approximate surface area is 206 Å². The summed E-state index contributed by atoms with van der Waals surface area (Å²) in [5.74, 6) is 0.299. The minimum absolute atomic E-state index is 0.0188. The summed E-state index contributed by atoms with van der Waals surface area (Å²) in [5.41, 5.74) is 3.97. The van der Waals surface area contributed by atoms with Crippen molar-refractivity contribution in [3.8, 4) is 0 Å². The fourth-order valence-corrected chi connectivity index (χ4v) is 3.30. The highest BCUT2D eigenvalue weighted by atomic mass is 16.5. The number of benzene rings is 2. The largest absolute Gasteiger partial charge is 0.481 e. The maximum absolute atomic E-state index is 13.4. The van der Waals surface area contributed by atoms with Crippen molar-refractivity contribution >= 4 is 47.2 Å². The first-order valence-electron chi connectivity index (χ1n) is 10.4. The number of methoxy groups -OCH3 is 1. The van der Waals surface area contributed by atoms with Crippen molar-refractivity contribution in [2.45, 2.75) is 25.0 Å². The number of hydrogen-bond donors (Lipinski definition) is 5. The van der Waals surface area contributed by atoms with E-state index >= 15 is 0 Å². The number of urea groups is 1. The van der Waals surface area contributed by atoms with Gasteiger partial charge in [-0.2, -0.15) is 5.10 Å². The monoisotopic (exact) mass is 498 g/mol. The number of carbonyl (C=O) groups is 5. The zero-order chi connectivity index (χ0) is 26.9. The lowest BCUT2D eigenvalue weighted by atomic mass is 9.99. The van der Waals surface area contributed by atoms with Gasteiger partial charge in [-0.3, -0.25) is 24.6 Å². The molecule has 13 nitrogen and oxygen atoms in total. The molecule has 13 heteroatoms. The van der Waals surface area contributed by atoms with E-state index < -0.39 is 47.8 Å². The van der Waals surface area contributed by atoms with E-state index in [-0.39, 0.29) is 11.4 Å². The first kappa shape index (κ1) is 27.5. The molecule has 0 saturated carbocycles. The van der Waals surface area contributed by atoms with E-state index in [9.17, 15) is 24.0 Å². The summed E-state index contributed by atoms with van der Waals surface area (Å²) in [4.78, 5) is 64.3. The average molecular weight is 498 g/mol. The topological polar surface area (TPSA) is 207 Å². The Morgan fingerprint density at radius 2 is 1.72 bits per heavy atom. The number of nitrogens with two attached hydrogens (primary N) is 2. The molecule has 0 aliphatic rings. The van der Waals surface area contributed by atoms with Gasteiger partial charge in [0.1, 0.15) is 0 Å². The molecule has 2 aromatic rings. The van der Waals surface area contributed by atoms with Crippen molar-refractivity contribution in [2.75, 3.05) is 17.3 Å². The van der Waals surface area contributed by atoms with Gasteiger partial charge in [-0.15, -0.1) is 0 Å². The number of para-hydroxylation sites is 1. The van der Waals surface area contributed by atoms with E-state index in [1.54, 1.807) is 18.2 Å². The molecule has 0 spiro atoms. The third-order valence-corrected chi connectivity index (χ3v) is 4.96. The van der Waals surface area contributed by atoms with Crippen LogP contribution in [0, 0.1) is 0 Å². The minimum Gasteiger partial charge on any atom is -0.481 e. The molecule has 0 aliphatic carbocycles. The lowest BCUT2D eigenvalue weighted by molar-refractivity contribution is -0.154. The van der Waals surface area contributed by atoms with Gasteiger partial charge in [-0.1, -0.05) is 30.3 Å². The number of amides is 3. The number of carboxylic acids is 1. The van der Waals surface area contributed by atoms with Crippen LogP contribution in [0.15, 0.2) is 59.7 Å². The lowest BCUT2D eigenvalue weighted by Gasteiger charge is -2.40. The summed E-state index contributed by atoms with van der Waals surface area (Å²) in [6.07, 6.45) is 0.577. The predicted octanol–water partition coefficient (Wildman–Crippen LogP) is 0.394. The van der Waals surface area contributed by atoms with Crippen LogP contribution in [0.3, 0.4) is 0 Å². The van der Waals surface area contributed by atoms with E-state index in [1.165, 1.54) is 42.6 Å². The number of aliphatic carboxylic acids is 1. The van der Waals surface area contributed by atoms with Gasteiger partial charge >= 0.3 is 18.0 Å². The van der Waals surface area contributed by atoms with E-state index in [4.69, 9.17) is 21.4 Å². The van der Waals surface area contributed by atoms with E-state index in [1.807, 2.05) is 0 Å². The van der Waals surface area contributed by atoms with Crippen molar-refractivity contribution in [1.29, 1.82) is 0 Å². The summed E-state index contributed by atoms with van der Waals surface area (Å²) in [6, 6.07) is 10.9. The molecule has 0 heterocycles. The predicted molar refractivity (Wildman–Crippen MR) is 130 cm³/mol. The Morgan fingerprint density at radius 1 is 1.11 bits per heavy atom. The van der Waals surface area contributed by atoms with Gasteiger partial charge in [0.05, 0.1) is 25.8 Å². The summed E-state index contributed by atoms with van der Waals surface area (Å²) in [7, 11) is 0.960. The summed E-state index contributed by atoms with van der Waals surface area (Å²) in [5, 5.41) is 17.2. The molecular weight excluding hydrogens is 472 g/mol. The second-order valence-electron chi connectivity index (χ2n) is 7.45. The number of hydrazone groups is 1. The molecule has 0 aliphatic heterocycles. The smallest absolute Gasteiger partial charge is 0.361 e. The van der Waals surface area contributed by atoms with Crippen LogP contribution in [-0.2, 0) is 23.9 Å². The number of esters is 1. The zero-order valence-electron chi connectivity index (χ0n) is 19.5. The van der Waals surface area contributed by atoms with Crippen molar-refractivity contribution in [2.24, 2.45) is 16.7 Å². The zero-order valence-corrected chi connectivity index (χ0v) is 19.5. The molecule has 7 N–H and O–H groups in total. The maximum Gasteiger partial charge on any atom is 0.361 e. The number of hydrogen-bond acceptors (Lipinski definition) is 9. The quantitative estimate of drug-likeness (QED) is 0.0766. The van der Waals surface area contributed by atoms with Crippen LogP contribution in [0.4, 0.5) is 16.2 Å². The standard InChI is InChI=1S/C23H26N6O7/c1-14(30)23(21(34)36-2,28-22(35)27-16-10-8-15(9-11-16)13-26-25)29(17-6-4-3-5-7-17)20(33)18(24)12-19(31)32/h3-11,13,18H,12,24-25H2,1-2H3,(H,31,32)(H2,27,28,35)/t18-,23-/m0/s1. The van der Waals surface area contributed by atoms with Crippen molar-refractivity contribution < 1.29 is 33.8 Å². The molecule has 0 unspecified atom stereocenters. The second-order valence-corrected chi connectivity index (χ2v) is 7.45. The van der Waals surface area contributed by atoms with Crippen molar-refractivity contribution in [3.05, 3.63) is 60.2 Å². The molecule has 2 atom stereocenters. The van der Waals surface area contributed by atoms with Crippen LogP contribution in [0.1, 0.15) is 18.9 Å². The Bertz CT molecular complexity index is 1150.